The molecule has 7 heteroatoms. The number of aryl methyl sites for hydroxylation is 1. The normalized spacial score (nSPS) is 23.5. The van der Waals surface area contributed by atoms with E-state index < -0.39 is 0 Å². The van der Waals surface area contributed by atoms with Gasteiger partial charge in [0.25, 0.3) is 5.91 Å². The summed E-state index contributed by atoms with van der Waals surface area (Å²) in [7, 11) is 0. The van der Waals surface area contributed by atoms with Crippen LogP contribution in [0.3, 0.4) is 0 Å². The number of carbonyl (C=O) groups is 2. The third-order valence-corrected chi connectivity index (χ3v) is 6.68. The predicted octanol–water partition coefficient (Wildman–Crippen LogP) is 3.90. The second-order valence-corrected chi connectivity index (χ2v) is 8.98. The number of nitrogens with one attached hydrogen (secondary N) is 2. The molecule has 1 aromatic heterocycles. The Morgan fingerprint density at radius 1 is 1.22 bits per heavy atom. The number of H-pyrrole nitrogens is 1. The van der Waals surface area contributed by atoms with E-state index in [0.717, 1.165) is 41.7 Å². The summed E-state index contributed by atoms with van der Waals surface area (Å²) in [5.41, 5.74) is 3.11. The van der Waals surface area contributed by atoms with E-state index in [2.05, 4.69) is 15.3 Å². The minimum absolute atomic E-state index is 0.0489. The zero-order chi connectivity index (χ0) is 22.2. The first-order valence-electron chi connectivity index (χ1n) is 11.3. The van der Waals surface area contributed by atoms with Crippen molar-refractivity contribution in [2.45, 2.75) is 63.6 Å². The fourth-order valence-corrected chi connectivity index (χ4v) is 5.30. The zero-order valence-electron chi connectivity index (χ0n) is 18.1. The monoisotopic (exact) mass is 434 g/mol. The van der Waals surface area contributed by atoms with Crippen LogP contribution in [0.5, 0.6) is 0 Å². The summed E-state index contributed by atoms with van der Waals surface area (Å²) in [5, 5.41) is 3.15. The number of aromatic amines is 1. The number of benzene rings is 2. The summed E-state index contributed by atoms with van der Waals surface area (Å²) < 4.78 is 13.8. The number of likely N-dealkylation sites (tertiary alicyclic amines) is 1. The van der Waals surface area contributed by atoms with Crippen LogP contribution in [0.25, 0.3) is 11.0 Å². The maximum absolute atomic E-state index is 13.8. The van der Waals surface area contributed by atoms with Crippen molar-refractivity contribution >= 4 is 22.8 Å². The molecule has 3 heterocycles. The van der Waals surface area contributed by atoms with Crippen LogP contribution in [0.15, 0.2) is 42.5 Å². The predicted molar refractivity (Wildman–Crippen MR) is 120 cm³/mol. The topological polar surface area (TPSA) is 78.1 Å². The van der Waals surface area contributed by atoms with Gasteiger partial charge in [-0.3, -0.25) is 9.59 Å². The first-order chi connectivity index (χ1) is 15.5. The molecular formula is C25H27FN4O2. The van der Waals surface area contributed by atoms with E-state index in [1.165, 1.54) is 12.1 Å². The third kappa shape index (κ3) is 3.99. The number of rotatable bonds is 3. The molecule has 2 saturated heterocycles. The number of hydrogen-bond acceptors (Lipinski definition) is 3. The maximum atomic E-state index is 13.8. The molecule has 2 aromatic carbocycles. The molecule has 3 aromatic rings. The molecule has 0 bridgehead atoms. The second-order valence-electron chi connectivity index (χ2n) is 8.98. The van der Waals surface area contributed by atoms with E-state index in [-0.39, 0.29) is 35.8 Å². The molecular weight excluding hydrogens is 407 g/mol. The molecule has 2 aliphatic rings. The minimum Gasteiger partial charge on any atom is -0.351 e. The Labute approximate surface area is 186 Å². The van der Waals surface area contributed by atoms with E-state index in [1.807, 2.05) is 36.1 Å². The standard InChI is InChI=1S/C25H27FN4O2/c1-15-27-20-10-9-17(13-21(20)28-15)25(32)30-19(12-16-5-4-6-18(26)11-16)14-22-23(30)7-2-3-8-24(31)29-22/h4-6,9-11,13,19,22-23H,2-3,7-8,12,14H2,1H3,(H,27,28)(H,29,31)/t19-,22+,23-/m1/s1. The van der Waals surface area contributed by atoms with Crippen molar-refractivity contribution in [3.05, 3.63) is 65.2 Å². The van der Waals surface area contributed by atoms with Gasteiger partial charge in [-0.1, -0.05) is 18.6 Å². The molecule has 0 aliphatic carbocycles. The summed E-state index contributed by atoms with van der Waals surface area (Å²) in [6, 6.07) is 11.8. The summed E-state index contributed by atoms with van der Waals surface area (Å²) in [6.07, 6.45) is 4.33. The highest BCUT2D eigenvalue weighted by Crippen LogP contribution is 2.33. The van der Waals surface area contributed by atoms with Crippen LogP contribution in [-0.2, 0) is 11.2 Å². The van der Waals surface area contributed by atoms with E-state index in [4.69, 9.17) is 0 Å². The van der Waals surface area contributed by atoms with Gasteiger partial charge < -0.3 is 15.2 Å². The smallest absolute Gasteiger partial charge is 0.254 e. The molecule has 32 heavy (non-hydrogen) atoms. The van der Waals surface area contributed by atoms with Crippen molar-refractivity contribution in [3.63, 3.8) is 0 Å². The Morgan fingerprint density at radius 3 is 2.94 bits per heavy atom. The fourth-order valence-electron chi connectivity index (χ4n) is 5.30. The van der Waals surface area contributed by atoms with Crippen molar-refractivity contribution in [3.8, 4) is 0 Å². The minimum atomic E-state index is -0.280. The second kappa shape index (κ2) is 8.37. The van der Waals surface area contributed by atoms with Gasteiger partial charge in [0.05, 0.1) is 23.1 Å². The number of imidazole rings is 1. The van der Waals surface area contributed by atoms with Crippen LogP contribution in [0.4, 0.5) is 4.39 Å². The SMILES string of the molecule is Cc1nc2ccc(C(=O)N3[C@H](Cc4cccc(F)c4)C[C@@H]4NC(=O)CCCC[C@H]43)cc2[nH]1. The van der Waals surface area contributed by atoms with E-state index >= 15 is 0 Å². The van der Waals surface area contributed by atoms with Crippen LogP contribution >= 0.6 is 0 Å². The van der Waals surface area contributed by atoms with Gasteiger partial charge in [0.1, 0.15) is 11.6 Å². The van der Waals surface area contributed by atoms with Crippen LogP contribution < -0.4 is 5.32 Å². The maximum Gasteiger partial charge on any atom is 0.254 e. The quantitative estimate of drug-likeness (QED) is 0.656. The van der Waals surface area contributed by atoms with Gasteiger partial charge in [0.2, 0.25) is 5.91 Å². The van der Waals surface area contributed by atoms with Gasteiger partial charge in [-0.05, 0) is 68.5 Å². The summed E-state index contributed by atoms with van der Waals surface area (Å²) >= 11 is 0. The Kier molecular flexibility index (Phi) is 5.41. The van der Waals surface area contributed by atoms with Crippen LogP contribution in [0, 0.1) is 12.7 Å². The molecule has 166 valence electrons. The van der Waals surface area contributed by atoms with Gasteiger partial charge in [-0.15, -0.1) is 0 Å². The summed E-state index contributed by atoms with van der Waals surface area (Å²) in [5.74, 6) is 0.519. The Balaban J connectivity index is 1.50. The average Bonchev–Trinajstić information content (AvgIpc) is 3.27. The van der Waals surface area contributed by atoms with Gasteiger partial charge in [-0.25, -0.2) is 9.37 Å². The number of carbonyl (C=O) groups excluding carboxylic acids is 2. The lowest BCUT2D eigenvalue weighted by Gasteiger charge is -2.33. The zero-order valence-corrected chi connectivity index (χ0v) is 18.1. The number of amides is 2. The molecule has 3 atom stereocenters. The number of aromatic nitrogens is 2. The summed E-state index contributed by atoms with van der Waals surface area (Å²) in [6.45, 7) is 1.89. The van der Waals surface area contributed by atoms with Crippen molar-refractivity contribution in [2.75, 3.05) is 0 Å². The number of hydrogen-bond donors (Lipinski definition) is 2. The number of fused-ring (bicyclic) bond motifs is 2. The molecule has 2 aliphatic heterocycles. The lowest BCUT2D eigenvalue weighted by atomic mass is 9.97. The lowest BCUT2D eigenvalue weighted by Crippen LogP contribution is -2.49. The molecule has 0 saturated carbocycles. The molecule has 0 unspecified atom stereocenters. The number of halogens is 1. The number of nitrogens with zero attached hydrogens (tertiary/aromatic N) is 2. The average molecular weight is 435 g/mol. The van der Waals surface area contributed by atoms with Crippen molar-refractivity contribution in [1.29, 1.82) is 0 Å². The highest BCUT2D eigenvalue weighted by atomic mass is 19.1. The molecule has 2 N–H and O–H groups in total. The molecule has 2 fully saturated rings. The van der Waals surface area contributed by atoms with Crippen LogP contribution in [0.1, 0.15) is 53.8 Å². The molecule has 6 nitrogen and oxygen atoms in total. The Hall–Kier alpha value is -3.22. The molecule has 0 spiro atoms. The summed E-state index contributed by atoms with van der Waals surface area (Å²) in [4.78, 5) is 35.7. The lowest BCUT2D eigenvalue weighted by molar-refractivity contribution is -0.122. The Bertz CT molecular complexity index is 1170. The van der Waals surface area contributed by atoms with E-state index in [0.29, 0.717) is 24.8 Å². The van der Waals surface area contributed by atoms with Gasteiger partial charge in [0.15, 0.2) is 0 Å². The molecule has 2 amide bonds. The van der Waals surface area contributed by atoms with Crippen LogP contribution in [-0.4, -0.2) is 44.8 Å². The largest absolute Gasteiger partial charge is 0.351 e. The fraction of sp³-hybridized carbons (Fsp3) is 0.400. The highest BCUT2D eigenvalue weighted by molar-refractivity contribution is 5.98. The van der Waals surface area contributed by atoms with Crippen LogP contribution in [0.2, 0.25) is 0 Å². The van der Waals surface area contributed by atoms with Crippen molar-refractivity contribution in [2.24, 2.45) is 0 Å². The van der Waals surface area contributed by atoms with E-state index in [1.54, 1.807) is 6.07 Å². The highest BCUT2D eigenvalue weighted by Gasteiger charge is 2.44. The van der Waals surface area contributed by atoms with E-state index in [9.17, 15) is 14.0 Å². The van der Waals surface area contributed by atoms with Gasteiger partial charge >= 0.3 is 0 Å². The Morgan fingerprint density at radius 2 is 2.09 bits per heavy atom. The van der Waals surface area contributed by atoms with Crippen molar-refractivity contribution in [1.82, 2.24) is 20.2 Å². The third-order valence-electron chi connectivity index (χ3n) is 6.68. The van der Waals surface area contributed by atoms with Gasteiger partial charge in [-0.2, -0.15) is 0 Å². The first kappa shape index (κ1) is 20.7. The van der Waals surface area contributed by atoms with Gasteiger partial charge in [0, 0.05) is 18.0 Å². The molecule has 5 rings (SSSR count). The molecule has 0 radical (unpaired) electrons. The first-order valence-corrected chi connectivity index (χ1v) is 11.3. The van der Waals surface area contributed by atoms with Crippen molar-refractivity contribution < 1.29 is 14.0 Å².